The topological polar surface area (TPSA) is 46.2 Å². The third-order valence-corrected chi connectivity index (χ3v) is 4.13. The molecule has 3 N–H and O–H groups in total. The van der Waals surface area contributed by atoms with Crippen LogP contribution in [0, 0.1) is 17.4 Å². The average molecular weight is 305 g/mol. The number of nitrogens with two attached hydrogens (primary N) is 1. The predicted molar refractivity (Wildman–Crippen MR) is 67.3 cm³/mol. The van der Waals surface area contributed by atoms with Crippen molar-refractivity contribution in [2.24, 2.45) is 5.73 Å². The Balaban J connectivity index is 3.26. The second-order valence-corrected chi connectivity index (χ2v) is 5.08. The molecular formula is C11H16INO. The molecule has 0 aliphatic carbocycles. The highest BCUT2D eigenvalue weighted by Crippen LogP contribution is 2.24. The highest BCUT2D eigenvalue weighted by molar-refractivity contribution is 14.1. The van der Waals surface area contributed by atoms with Gasteiger partial charge in [0, 0.05) is 3.57 Å². The zero-order valence-corrected chi connectivity index (χ0v) is 10.9. The molecule has 78 valence electrons. The summed E-state index contributed by atoms with van der Waals surface area (Å²) in [5.74, 6) is 0. The van der Waals surface area contributed by atoms with Gasteiger partial charge in [-0.15, -0.1) is 0 Å². The van der Waals surface area contributed by atoms with Gasteiger partial charge >= 0.3 is 0 Å². The third kappa shape index (κ3) is 2.27. The number of hydrogen-bond acceptors (Lipinski definition) is 2. The number of aliphatic hydroxyl groups is 1. The second-order valence-electron chi connectivity index (χ2n) is 4.00. The molecule has 0 bridgehead atoms. The van der Waals surface area contributed by atoms with Crippen LogP contribution in [0.1, 0.15) is 23.6 Å². The van der Waals surface area contributed by atoms with Crippen LogP contribution in [0.25, 0.3) is 0 Å². The van der Waals surface area contributed by atoms with Crippen LogP contribution in [-0.4, -0.2) is 11.7 Å². The normalized spacial score (nSPS) is 15.3. The summed E-state index contributed by atoms with van der Waals surface area (Å²) in [6.45, 7) is 5.93. The van der Waals surface area contributed by atoms with Crippen molar-refractivity contribution >= 4 is 22.6 Å². The van der Waals surface area contributed by atoms with E-state index in [9.17, 15) is 5.11 Å². The van der Waals surface area contributed by atoms with E-state index < -0.39 is 5.54 Å². The molecule has 0 aromatic heterocycles. The van der Waals surface area contributed by atoms with Gasteiger partial charge in [0.25, 0.3) is 0 Å². The monoisotopic (exact) mass is 305 g/mol. The van der Waals surface area contributed by atoms with Crippen molar-refractivity contribution < 1.29 is 5.11 Å². The van der Waals surface area contributed by atoms with Crippen LogP contribution >= 0.6 is 22.6 Å². The number of rotatable bonds is 2. The summed E-state index contributed by atoms with van der Waals surface area (Å²) in [6.07, 6.45) is 0. The van der Waals surface area contributed by atoms with Crippen molar-refractivity contribution in [2.45, 2.75) is 26.3 Å². The molecule has 0 spiro atoms. The van der Waals surface area contributed by atoms with Gasteiger partial charge in [-0.2, -0.15) is 0 Å². The molecule has 2 nitrogen and oxygen atoms in total. The Bertz CT molecular complexity index is 324. The summed E-state index contributed by atoms with van der Waals surface area (Å²) < 4.78 is 1.26. The van der Waals surface area contributed by atoms with E-state index in [4.69, 9.17) is 5.73 Å². The average Bonchev–Trinajstić information content (AvgIpc) is 2.13. The van der Waals surface area contributed by atoms with Crippen molar-refractivity contribution in [1.29, 1.82) is 0 Å². The van der Waals surface area contributed by atoms with Gasteiger partial charge in [0.1, 0.15) is 0 Å². The molecule has 0 aliphatic rings. The molecule has 0 amide bonds. The molecule has 0 aliphatic heterocycles. The highest BCUT2D eigenvalue weighted by Gasteiger charge is 2.20. The minimum absolute atomic E-state index is 0.0352. The van der Waals surface area contributed by atoms with Crippen molar-refractivity contribution in [3.8, 4) is 0 Å². The number of aryl methyl sites for hydroxylation is 2. The van der Waals surface area contributed by atoms with E-state index >= 15 is 0 Å². The van der Waals surface area contributed by atoms with E-state index in [-0.39, 0.29) is 6.61 Å². The molecule has 3 heteroatoms. The minimum atomic E-state index is -0.639. The van der Waals surface area contributed by atoms with Crippen LogP contribution < -0.4 is 5.73 Å². The Morgan fingerprint density at radius 2 is 1.79 bits per heavy atom. The summed E-state index contributed by atoms with van der Waals surface area (Å²) in [6, 6.07) is 4.09. The Morgan fingerprint density at radius 1 is 1.36 bits per heavy atom. The van der Waals surface area contributed by atoms with Gasteiger partial charge in [0.05, 0.1) is 12.1 Å². The fraction of sp³-hybridized carbons (Fsp3) is 0.455. The number of benzene rings is 1. The van der Waals surface area contributed by atoms with Crippen molar-refractivity contribution in [1.82, 2.24) is 0 Å². The number of hydrogen-bond donors (Lipinski definition) is 2. The standard InChI is InChI=1S/C11H16INO/c1-7-4-9(11(3,13)6-14)5-8(2)10(7)12/h4-5,14H,6,13H2,1-3H3/t11-/m0/s1. The lowest BCUT2D eigenvalue weighted by atomic mass is 9.91. The van der Waals surface area contributed by atoms with Gasteiger partial charge in [0.15, 0.2) is 0 Å². The first kappa shape index (κ1) is 11.9. The Kier molecular flexibility index (Phi) is 3.55. The fourth-order valence-electron chi connectivity index (χ4n) is 1.37. The molecular weight excluding hydrogens is 289 g/mol. The van der Waals surface area contributed by atoms with Gasteiger partial charge in [0.2, 0.25) is 0 Å². The third-order valence-electron chi connectivity index (χ3n) is 2.42. The van der Waals surface area contributed by atoms with E-state index in [0.29, 0.717) is 0 Å². The maximum absolute atomic E-state index is 9.17. The van der Waals surface area contributed by atoms with Gasteiger partial charge in [-0.25, -0.2) is 0 Å². The number of aliphatic hydroxyl groups excluding tert-OH is 1. The van der Waals surface area contributed by atoms with Crippen LogP contribution in [0.5, 0.6) is 0 Å². The highest BCUT2D eigenvalue weighted by atomic mass is 127. The molecule has 0 heterocycles. The largest absolute Gasteiger partial charge is 0.394 e. The molecule has 14 heavy (non-hydrogen) atoms. The molecule has 0 saturated heterocycles. The summed E-state index contributed by atoms with van der Waals surface area (Å²) >= 11 is 2.32. The molecule has 1 aromatic carbocycles. The lowest BCUT2D eigenvalue weighted by molar-refractivity contribution is 0.210. The number of halogens is 1. The second kappa shape index (κ2) is 4.16. The quantitative estimate of drug-likeness (QED) is 0.822. The van der Waals surface area contributed by atoms with Gasteiger partial charge in [-0.3, -0.25) is 0 Å². The molecule has 0 fully saturated rings. The lowest BCUT2D eigenvalue weighted by Gasteiger charge is -2.23. The molecule has 0 unspecified atom stereocenters. The van der Waals surface area contributed by atoms with E-state index in [1.807, 2.05) is 19.1 Å². The Morgan fingerprint density at radius 3 is 2.14 bits per heavy atom. The minimum Gasteiger partial charge on any atom is -0.394 e. The molecule has 1 aromatic rings. The van der Waals surface area contributed by atoms with Gasteiger partial charge in [-0.05, 0) is 60.1 Å². The van der Waals surface area contributed by atoms with Gasteiger partial charge < -0.3 is 10.8 Å². The van der Waals surface area contributed by atoms with Crippen molar-refractivity contribution in [3.05, 3.63) is 32.4 Å². The first-order valence-corrected chi connectivity index (χ1v) is 5.63. The zero-order valence-electron chi connectivity index (χ0n) is 8.76. The Labute approximate surface area is 98.7 Å². The maximum atomic E-state index is 9.17. The van der Waals surface area contributed by atoms with Crippen LogP contribution in [0.3, 0.4) is 0 Å². The van der Waals surface area contributed by atoms with Crippen LogP contribution in [-0.2, 0) is 5.54 Å². The maximum Gasteiger partial charge on any atom is 0.0650 e. The first-order valence-electron chi connectivity index (χ1n) is 4.55. The summed E-state index contributed by atoms with van der Waals surface area (Å²) in [5, 5.41) is 9.17. The van der Waals surface area contributed by atoms with Crippen LogP contribution in [0.4, 0.5) is 0 Å². The summed E-state index contributed by atoms with van der Waals surface area (Å²) in [5.41, 5.74) is 8.76. The van der Waals surface area contributed by atoms with Gasteiger partial charge in [-0.1, -0.05) is 12.1 Å². The van der Waals surface area contributed by atoms with Crippen molar-refractivity contribution in [2.75, 3.05) is 6.61 Å². The predicted octanol–water partition coefficient (Wildman–Crippen LogP) is 2.07. The lowest BCUT2D eigenvalue weighted by Crippen LogP contribution is -2.37. The van der Waals surface area contributed by atoms with Crippen LogP contribution in [0.15, 0.2) is 12.1 Å². The molecule has 0 saturated carbocycles. The summed E-state index contributed by atoms with van der Waals surface area (Å²) in [4.78, 5) is 0. The van der Waals surface area contributed by atoms with E-state index in [0.717, 1.165) is 5.56 Å². The SMILES string of the molecule is Cc1cc([C@@](C)(N)CO)cc(C)c1I. The Hall–Kier alpha value is -0.130. The van der Waals surface area contributed by atoms with Crippen LogP contribution in [0.2, 0.25) is 0 Å². The molecule has 1 atom stereocenters. The smallest absolute Gasteiger partial charge is 0.0650 e. The molecule has 0 radical (unpaired) electrons. The van der Waals surface area contributed by atoms with Crippen molar-refractivity contribution in [3.63, 3.8) is 0 Å². The van der Waals surface area contributed by atoms with E-state index in [1.54, 1.807) is 0 Å². The first-order chi connectivity index (χ1) is 6.38. The van der Waals surface area contributed by atoms with E-state index in [1.165, 1.54) is 14.7 Å². The molecule has 1 rings (SSSR count). The zero-order chi connectivity index (χ0) is 10.9. The fourth-order valence-corrected chi connectivity index (χ4v) is 1.68. The summed E-state index contributed by atoms with van der Waals surface area (Å²) in [7, 11) is 0. The van der Waals surface area contributed by atoms with E-state index in [2.05, 4.69) is 36.4 Å².